The maximum absolute atomic E-state index is 12.4. The Bertz CT molecular complexity index is 1150. The van der Waals surface area contributed by atoms with Gasteiger partial charge in [0.25, 0.3) is 5.56 Å². The predicted molar refractivity (Wildman–Crippen MR) is 113 cm³/mol. The molecule has 0 saturated carbocycles. The van der Waals surface area contributed by atoms with Gasteiger partial charge < -0.3 is 13.9 Å². The second-order valence-corrected chi connectivity index (χ2v) is 7.10. The maximum Gasteiger partial charge on any atom is 0.254 e. The van der Waals surface area contributed by atoms with E-state index in [-0.39, 0.29) is 5.56 Å². The van der Waals surface area contributed by atoms with Gasteiger partial charge in [-0.3, -0.25) is 4.79 Å². The first-order valence-electron chi connectivity index (χ1n) is 9.31. The zero-order chi connectivity index (χ0) is 19.3. The van der Waals surface area contributed by atoms with E-state index in [0.29, 0.717) is 23.9 Å². The lowest BCUT2D eigenvalue weighted by molar-refractivity contribution is 0.301. The number of para-hydroxylation sites is 1. The number of rotatable bonds is 7. The van der Waals surface area contributed by atoms with Gasteiger partial charge in [-0.2, -0.15) is 0 Å². The van der Waals surface area contributed by atoms with E-state index in [9.17, 15) is 4.79 Å². The van der Waals surface area contributed by atoms with Gasteiger partial charge in [-0.1, -0.05) is 48.0 Å². The Labute approximate surface area is 168 Å². The number of aromatic nitrogens is 2. The molecule has 0 aliphatic heterocycles. The number of hydrogen-bond donors (Lipinski definition) is 0. The molecule has 2 aromatic carbocycles. The molecule has 0 N–H and O–H groups in total. The van der Waals surface area contributed by atoms with E-state index >= 15 is 0 Å². The highest BCUT2D eigenvalue weighted by atomic mass is 35.5. The van der Waals surface area contributed by atoms with Crippen molar-refractivity contribution in [1.29, 1.82) is 0 Å². The third kappa shape index (κ3) is 4.12. The number of pyridine rings is 1. The molecule has 2 heterocycles. The van der Waals surface area contributed by atoms with Crippen molar-refractivity contribution < 1.29 is 4.74 Å². The van der Waals surface area contributed by atoms with Crippen LogP contribution in [0.4, 0.5) is 0 Å². The topological polar surface area (TPSA) is 36.2 Å². The molecule has 0 bridgehead atoms. The maximum atomic E-state index is 12.4. The molecule has 4 rings (SSSR count). The normalized spacial score (nSPS) is 11.0. The Morgan fingerprint density at radius 3 is 2.54 bits per heavy atom. The molecule has 28 heavy (non-hydrogen) atoms. The highest BCUT2D eigenvalue weighted by molar-refractivity contribution is 6.31. The summed E-state index contributed by atoms with van der Waals surface area (Å²) < 4.78 is 9.62. The van der Waals surface area contributed by atoms with Crippen LogP contribution in [0.3, 0.4) is 0 Å². The third-order valence-electron chi connectivity index (χ3n) is 4.76. The van der Waals surface area contributed by atoms with Gasteiger partial charge in [-0.05, 0) is 41.6 Å². The lowest BCUT2D eigenvalue weighted by atomic mass is 10.2. The van der Waals surface area contributed by atoms with E-state index in [2.05, 4.69) is 29.0 Å². The minimum Gasteiger partial charge on any atom is -0.493 e. The average Bonchev–Trinajstić information content (AvgIpc) is 3.12. The molecule has 142 valence electrons. The summed E-state index contributed by atoms with van der Waals surface area (Å²) in [5.74, 6) is 0.595. The summed E-state index contributed by atoms with van der Waals surface area (Å²) in [6.07, 6.45) is 4.71. The number of ether oxygens (including phenoxy) is 1. The van der Waals surface area contributed by atoms with Crippen molar-refractivity contribution in [3.63, 3.8) is 0 Å². The van der Waals surface area contributed by atoms with Crippen LogP contribution in [0.2, 0.25) is 5.02 Å². The second kappa shape index (κ2) is 8.36. The largest absolute Gasteiger partial charge is 0.493 e. The van der Waals surface area contributed by atoms with E-state index in [1.807, 2.05) is 42.5 Å². The summed E-state index contributed by atoms with van der Waals surface area (Å²) in [6, 6.07) is 21.3. The molecular weight excluding hydrogens is 372 g/mol. The summed E-state index contributed by atoms with van der Waals surface area (Å²) in [6.45, 7) is 1.87. The number of nitrogens with zero attached hydrogens (tertiary/aromatic N) is 2. The molecule has 0 aliphatic carbocycles. The van der Waals surface area contributed by atoms with Gasteiger partial charge >= 0.3 is 0 Å². The van der Waals surface area contributed by atoms with Crippen LogP contribution < -0.4 is 10.3 Å². The van der Waals surface area contributed by atoms with E-state index in [1.165, 1.54) is 17.0 Å². The lowest BCUT2D eigenvalue weighted by Crippen LogP contribution is -2.19. The van der Waals surface area contributed by atoms with E-state index in [1.54, 1.807) is 10.8 Å². The van der Waals surface area contributed by atoms with Crippen molar-refractivity contribution >= 4 is 22.5 Å². The predicted octanol–water partition coefficient (Wildman–Crippen LogP) is 4.97. The second-order valence-electron chi connectivity index (χ2n) is 6.69. The summed E-state index contributed by atoms with van der Waals surface area (Å²) in [4.78, 5) is 12.4. The van der Waals surface area contributed by atoms with Crippen LogP contribution in [-0.2, 0) is 13.1 Å². The first kappa shape index (κ1) is 18.4. The zero-order valence-electron chi connectivity index (χ0n) is 15.4. The van der Waals surface area contributed by atoms with Crippen LogP contribution in [0, 0.1) is 0 Å². The highest BCUT2D eigenvalue weighted by Gasteiger charge is 2.04. The van der Waals surface area contributed by atoms with Crippen LogP contribution in [0.1, 0.15) is 12.0 Å². The Kier molecular flexibility index (Phi) is 5.49. The summed E-state index contributed by atoms with van der Waals surface area (Å²) in [5, 5.41) is 1.90. The van der Waals surface area contributed by atoms with Crippen molar-refractivity contribution in [3.05, 3.63) is 100 Å². The zero-order valence-corrected chi connectivity index (χ0v) is 16.2. The highest BCUT2D eigenvalue weighted by Crippen LogP contribution is 2.17. The minimum atomic E-state index is -0.103. The van der Waals surface area contributed by atoms with Crippen LogP contribution in [0.5, 0.6) is 5.75 Å². The van der Waals surface area contributed by atoms with Crippen LogP contribution in [0.25, 0.3) is 10.9 Å². The SMILES string of the molecule is O=c1cc(OCCCn2ccc3ccccc32)ccn1Cc1ccccc1Cl. The van der Waals surface area contributed by atoms with Crippen LogP contribution >= 0.6 is 11.6 Å². The lowest BCUT2D eigenvalue weighted by Gasteiger charge is -2.10. The summed E-state index contributed by atoms with van der Waals surface area (Å²) in [7, 11) is 0. The Morgan fingerprint density at radius 2 is 1.68 bits per heavy atom. The van der Waals surface area contributed by atoms with Gasteiger partial charge in [-0.25, -0.2) is 0 Å². The van der Waals surface area contributed by atoms with Crippen molar-refractivity contribution in [1.82, 2.24) is 9.13 Å². The molecule has 0 unspecified atom stereocenters. The van der Waals surface area contributed by atoms with Crippen molar-refractivity contribution in [2.45, 2.75) is 19.5 Å². The molecule has 0 atom stereocenters. The van der Waals surface area contributed by atoms with Gasteiger partial charge in [0.2, 0.25) is 0 Å². The fourth-order valence-electron chi connectivity index (χ4n) is 3.28. The first-order valence-corrected chi connectivity index (χ1v) is 9.69. The smallest absolute Gasteiger partial charge is 0.254 e. The van der Waals surface area contributed by atoms with E-state index in [4.69, 9.17) is 16.3 Å². The molecule has 2 aromatic heterocycles. The van der Waals surface area contributed by atoms with E-state index < -0.39 is 0 Å². The van der Waals surface area contributed by atoms with Crippen LogP contribution in [-0.4, -0.2) is 15.7 Å². The third-order valence-corrected chi connectivity index (χ3v) is 5.13. The van der Waals surface area contributed by atoms with Gasteiger partial charge in [0.05, 0.1) is 13.2 Å². The molecule has 0 aliphatic rings. The Balaban J connectivity index is 1.33. The number of halogens is 1. The van der Waals surface area contributed by atoms with Crippen molar-refractivity contribution in [2.24, 2.45) is 0 Å². The summed E-state index contributed by atoms with van der Waals surface area (Å²) in [5.41, 5.74) is 2.04. The number of fused-ring (bicyclic) bond motifs is 1. The molecule has 0 amide bonds. The van der Waals surface area contributed by atoms with Gasteiger partial charge in [0, 0.05) is 35.5 Å². The van der Waals surface area contributed by atoms with Gasteiger partial charge in [0.1, 0.15) is 5.75 Å². The fraction of sp³-hybridized carbons (Fsp3) is 0.174. The molecule has 4 nitrogen and oxygen atoms in total. The molecule has 0 spiro atoms. The number of hydrogen-bond acceptors (Lipinski definition) is 2. The van der Waals surface area contributed by atoms with Crippen molar-refractivity contribution in [3.8, 4) is 5.75 Å². The Hall–Kier alpha value is -2.98. The number of benzene rings is 2. The molecule has 0 saturated heterocycles. The molecule has 0 fully saturated rings. The molecule has 0 radical (unpaired) electrons. The fourth-order valence-corrected chi connectivity index (χ4v) is 3.48. The Morgan fingerprint density at radius 1 is 0.893 bits per heavy atom. The minimum absolute atomic E-state index is 0.103. The average molecular weight is 393 g/mol. The van der Waals surface area contributed by atoms with E-state index in [0.717, 1.165) is 18.5 Å². The molecule has 4 aromatic rings. The number of aryl methyl sites for hydroxylation is 1. The van der Waals surface area contributed by atoms with Crippen molar-refractivity contribution in [2.75, 3.05) is 6.61 Å². The molecular formula is C23H21ClN2O2. The van der Waals surface area contributed by atoms with Gasteiger partial charge in [-0.15, -0.1) is 0 Å². The van der Waals surface area contributed by atoms with Gasteiger partial charge in [0.15, 0.2) is 0 Å². The summed E-state index contributed by atoms with van der Waals surface area (Å²) >= 11 is 6.18. The first-order chi connectivity index (χ1) is 13.7. The standard InChI is InChI=1S/C23H21ClN2O2/c24-21-8-3-1-7-19(21)17-26-14-11-20(16-23(26)27)28-15-5-12-25-13-10-18-6-2-4-9-22(18)25/h1-4,6-11,13-14,16H,5,12,15,17H2. The molecule has 5 heteroatoms. The monoisotopic (exact) mass is 392 g/mol. The quantitative estimate of drug-likeness (QED) is 0.416. The van der Waals surface area contributed by atoms with Crippen LogP contribution in [0.15, 0.2) is 83.9 Å².